The van der Waals surface area contributed by atoms with E-state index in [4.69, 9.17) is 4.74 Å². The molecule has 0 saturated carbocycles. The van der Waals surface area contributed by atoms with Gasteiger partial charge in [0.15, 0.2) is 17.5 Å². The predicted octanol–water partition coefficient (Wildman–Crippen LogP) is 3.10. The van der Waals surface area contributed by atoms with E-state index in [1.54, 1.807) is 20.8 Å². The molecular formula is C16H20F3NO4. The Bertz CT molecular complexity index is 591. The number of ether oxygens (including phenoxy) is 2. The number of rotatable bonds is 5. The zero-order chi connectivity index (χ0) is 18.5. The molecule has 1 N–H and O–H groups in total. The fraction of sp³-hybridized carbons (Fsp3) is 0.500. The van der Waals surface area contributed by atoms with Gasteiger partial charge >= 0.3 is 12.1 Å². The van der Waals surface area contributed by atoms with Crippen LogP contribution in [0, 0.1) is 17.5 Å². The van der Waals surface area contributed by atoms with E-state index in [9.17, 15) is 22.8 Å². The Morgan fingerprint density at radius 2 is 1.71 bits per heavy atom. The average molecular weight is 347 g/mol. The lowest BCUT2D eigenvalue weighted by Crippen LogP contribution is -2.44. The van der Waals surface area contributed by atoms with E-state index in [1.165, 1.54) is 0 Å². The second kappa shape index (κ2) is 8.03. The first kappa shape index (κ1) is 19.8. The zero-order valence-corrected chi connectivity index (χ0v) is 13.9. The minimum absolute atomic E-state index is 0.00354. The molecule has 1 atom stereocenters. The van der Waals surface area contributed by atoms with Crippen LogP contribution in [-0.4, -0.2) is 30.8 Å². The van der Waals surface area contributed by atoms with Crippen molar-refractivity contribution in [3.63, 3.8) is 0 Å². The molecule has 0 bridgehead atoms. The van der Waals surface area contributed by atoms with E-state index in [1.807, 2.05) is 0 Å². The van der Waals surface area contributed by atoms with Crippen LogP contribution in [0.1, 0.15) is 32.8 Å². The Labute approximate surface area is 138 Å². The Hall–Kier alpha value is -2.25. The van der Waals surface area contributed by atoms with Gasteiger partial charge in [-0.25, -0.2) is 22.8 Å². The Morgan fingerprint density at radius 1 is 1.17 bits per heavy atom. The molecule has 0 fully saturated rings. The number of nitrogens with one attached hydrogen (secondary N) is 1. The molecule has 0 aromatic heterocycles. The van der Waals surface area contributed by atoms with Crippen molar-refractivity contribution in [2.45, 2.75) is 45.3 Å². The van der Waals surface area contributed by atoms with Crippen LogP contribution in [-0.2, 0) is 20.7 Å². The van der Waals surface area contributed by atoms with Crippen molar-refractivity contribution in [3.05, 3.63) is 35.1 Å². The minimum Gasteiger partial charge on any atom is -0.467 e. The zero-order valence-electron chi connectivity index (χ0n) is 13.9. The number of benzene rings is 1. The number of hydrogen-bond donors (Lipinski definition) is 1. The largest absolute Gasteiger partial charge is 0.467 e. The van der Waals surface area contributed by atoms with E-state index in [0.717, 1.165) is 19.2 Å². The first-order valence-electron chi connectivity index (χ1n) is 7.24. The van der Waals surface area contributed by atoms with Crippen LogP contribution in [0.25, 0.3) is 0 Å². The predicted molar refractivity (Wildman–Crippen MR) is 79.8 cm³/mol. The third-order valence-electron chi connectivity index (χ3n) is 2.94. The maximum Gasteiger partial charge on any atom is 0.408 e. The van der Waals surface area contributed by atoms with Crippen LogP contribution >= 0.6 is 0 Å². The number of methoxy groups -OCH3 is 1. The quantitative estimate of drug-likeness (QED) is 0.657. The lowest BCUT2D eigenvalue weighted by Gasteiger charge is -2.22. The SMILES string of the molecule is COC(=O)[C@H](CCc1cc(F)c(F)c(F)c1)NC(=O)OC(C)(C)C. The van der Waals surface area contributed by atoms with E-state index in [-0.39, 0.29) is 18.4 Å². The first-order chi connectivity index (χ1) is 11.0. The normalized spacial score (nSPS) is 12.5. The maximum absolute atomic E-state index is 13.2. The summed E-state index contributed by atoms with van der Waals surface area (Å²) in [7, 11) is 1.14. The lowest BCUT2D eigenvalue weighted by atomic mass is 10.0. The Morgan fingerprint density at radius 3 is 2.17 bits per heavy atom. The fourth-order valence-corrected chi connectivity index (χ4v) is 1.90. The number of carbonyl (C=O) groups is 2. The number of amides is 1. The van der Waals surface area contributed by atoms with Crippen LogP contribution in [0.4, 0.5) is 18.0 Å². The summed E-state index contributed by atoms with van der Waals surface area (Å²) in [5, 5.41) is 2.34. The highest BCUT2D eigenvalue weighted by molar-refractivity contribution is 5.81. The molecule has 1 amide bonds. The molecule has 0 aliphatic heterocycles. The molecule has 0 unspecified atom stereocenters. The van der Waals surface area contributed by atoms with Gasteiger partial charge in [0.05, 0.1) is 7.11 Å². The van der Waals surface area contributed by atoms with E-state index in [2.05, 4.69) is 10.1 Å². The summed E-state index contributed by atoms with van der Waals surface area (Å²) in [6.07, 6.45) is -0.811. The summed E-state index contributed by atoms with van der Waals surface area (Å²) in [4.78, 5) is 23.5. The molecule has 5 nitrogen and oxygen atoms in total. The molecule has 1 aromatic rings. The monoisotopic (exact) mass is 347 g/mol. The van der Waals surface area contributed by atoms with Gasteiger partial charge in [0.2, 0.25) is 0 Å². The van der Waals surface area contributed by atoms with Gasteiger partial charge in [-0.2, -0.15) is 0 Å². The highest BCUT2D eigenvalue weighted by Crippen LogP contribution is 2.16. The standard InChI is InChI=1S/C16H20F3NO4/c1-16(2,3)24-15(22)20-12(14(21)23-4)6-5-9-7-10(17)13(19)11(18)8-9/h7-8,12H,5-6H2,1-4H3,(H,20,22)/t12-/m0/s1. The number of alkyl carbamates (subject to hydrolysis) is 1. The summed E-state index contributed by atoms with van der Waals surface area (Å²) in [6.45, 7) is 4.97. The third kappa shape index (κ3) is 6.10. The van der Waals surface area contributed by atoms with Gasteiger partial charge in [-0.1, -0.05) is 0 Å². The van der Waals surface area contributed by atoms with Crippen LogP contribution in [0.15, 0.2) is 12.1 Å². The van der Waals surface area contributed by atoms with Crippen LogP contribution in [0.3, 0.4) is 0 Å². The Kier molecular flexibility index (Phi) is 6.62. The van der Waals surface area contributed by atoms with Crippen LogP contribution in [0.2, 0.25) is 0 Å². The molecule has 1 aromatic carbocycles. The van der Waals surface area contributed by atoms with Gasteiger partial charge in [-0.05, 0) is 51.3 Å². The van der Waals surface area contributed by atoms with Crippen molar-refractivity contribution in [2.24, 2.45) is 0 Å². The van der Waals surface area contributed by atoms with E-state index < -0.39 is 41.2 Å². The van der Waals surface area contributed by atoms with Gasteiger partial charge in [-0.3, -0.25) is 0 Å². The molecule has 24 heavy (non-hydrogen) atoms. The highest BCUT2D eigenvalue weighted by Gasteiger charge is 2.25. The van der Waals surface area contributed by atoms with Crippen molar-refractivity contribution in [3.8, 4) is 0 Å². The van der Waals surface area contributed by atoms with Crippen LogP contribution < -0.4 is 5.32 Å². The van der Waals surface area contributed by atoms with Crippen molar-refractivity contribution in [1.82, 2.24) is 5.32 Å². The topological polar surface area (TPSA) is 64.6 Å². The Balaban J connectivity index is 2.77. The summed E-state index contributed by atoms with van der Waals surface area (Å²) in [6, 6.07) is 0.599. The number of halogens is 3. The summed E-state index contributed by atoms with van der Waals surface area (Å²) >= 11 is 0. The molecular weight excluding hydrogens is 327 g/mol. The first-order valence-corrected chi connectivity index (χ1v) is 7.24. The smallest absolute Gasteiger partial charge is 0.408 e. The fourth-order valence-electron chi connectivity index (χ4n) is 1.90. The molecule has 0 spiro atoms. The molecule has 0 heterocycles. The maximum atomic E-state index is 13.2. The summed E-state index contributed by atoms with van der Waals surface area (Å²) in [5.74, 6) is -4.93. The van der Waals surface area contributed by atoms with Crippen LogP contribution in [0.5, 0.6) is 0 Å². The molecule has 0 saturated heterocycles. The van der Waals surface area contributed by atoms with Gasteiger partial charge in [0, 0.05) is 0 Å². The third-order valence-corrected chi connectivity index (χ3v) is 2.94. The van der Waals surface area contributed by atoms with Crippen molar-refractivity contribution in [2.75, 3.05) is 7.11 Å². The molecule has 0 radical (unpaired) electrons. The molecule has 1 rings (SSSR count). The highest BCUT2D eigenvalue weighted by atomic mass is 19.2. The van der Waals surface area contributed by atoms with E-state index >= 15 is 0 Å². The van der Waals surface area contributed by atoms with Gasteiger partial charge in [0.1, 0.15) is 11.6 Å². The van der Waals surface area contributed by atoms with Gasteiger partial charge in [-0.15, -0.1) is 0 Å². The van der Waals surface area contributed by atoms with Gasteiger partial charge < -0.3 is 14.8 Å². The number of esters is 1. The molecule has 134 valence electrons. The number of carbonyl (C=O) groups excluding carboxylic acids is 2. The lowest BCUT2D eigenvalue weighted by molar-refractivity contribution is -0.143. The van der Waals surface area contributed by atoms with Gasteiger partial charge in [0.25, 0.3) is 0 Å². The van der Waals surface area contributed by atoms with Crippen molar-refractivity contribution >= 4 is 12.1 Å². The number of aryl methyl sites for hydroxylation is 1. The second-order valence-electron chi connectivity index (χ2n) is 6.13. The van der Waals surface area contributed by atoms with Crippen molar-refractivity contribution < 1.29 is 32.2 Å². The van der Waals surface area contributed by atoms with E-state index in [0.29, 0.717) is 0 Å². The molecule has 8 heteroatoms. The minimum atomic E-state index is -1.56. The molecule has 0 aliphatic rings. The summed E-state index contributed by atoms with van der Waals surface area (Å²) in [5.41, 5.74) is -0.611. The summed E-state index contributed by atoms with van der Waals surface area (Å²) < 4.78 is 48.9. The van der Waals surface area contributed by atoms with Crippen molar-refractivity contribution in [1.29, 1.82) is 0 Å². The number of hydrogen-bond acceptors (Lipinski definition) is 4. The second-order valence-corrected chi connectivity index (χ2v) is 6.13. The molecule has 0 aliphatic carbocycles. The average Bonchev–Trinajstić information content (AvgIpc) is 2.46.